The topological polar surface area (TPSA) is 169 Å². The number of aromatic nitrogens is 4. The van der Waals surface area contributed by atoms with Gasteiger partial charge in [-0.15, -0.1) is 5.10 Å². The number of tetrazole rings is 1. The van der Waals surface area contributed by atoms with Crippen LogP contribution in [0, 0.1) is 0 Å². The molecular weight excluding hydrogens is 588 g/mol. The van der Waals surface area contributed by atoms with E-state index in [2.05, 4.69) is 41.5 Å². The predicted molar refractivity (Wildman–Crippen MR) is 164 cm³/mol. The van der Waals surface area contributed by atoms with E-state index in [0.29, 0.717) is 27.6 Å². The van der Waals surface area contributed by atoms with Crippen molar-refractivity contribution in [3.05, 3.63) is 101 Å². The van der Waals surface area contributed by atoms with E-state index in [0.717, 1.165) is 5.56 Å². The van der Waals surface area contributed by atoms with Crippen LogP contribution in [-0.2, 0) is 25.5 Å². The first-order chi connectivity index (χ1) is 21.3. The minimum atomic E-state index is -0.911. The molecule has 44 heavy (non-hydrogen) atoms. The maximum absolute atomic E-state index is 13.3. The third kappa shape index (κ3) is 9.49. The van der Waals surface area contributed by atoms with Gasteiger partial charge in [0.15, 0.2) is 0 Å². The first-order valence-corrected chi connectivity index (χ1v) is 13.8. The number of esters is 1. The summed E-state index contributed by atoms with van der Waals surface area (Å²) in [5.41, 5.74) is 2.98. The van der Waals surface area contributed by atoms with Gasteiger partial charge in [-0.05, 0) is 64.5 Å². The molecule has 1 heterocycles. The van der Waals surface area contributed by atoms with Crippen LogP contribution in [0.5, 0.6) is 0 Å². The molecule has 4 rings (SSSR count). The molecule has 4 amide bonds. The zero-order valence-corrected chi connectivity index (χ0v) is 24.3. The van der Waals surface area contributed by atoms with Crippen molar-refractivity contribution in [2.24, 2.45) is 0 Å². The summed E-state index contributed by atoms with van der Waals surface area (Å²) < 4.78 is 5.98. The fraction of sp³-hybridized carbons (Fsp3) is 0.167. The summed E-state index contributed by atoms with van der Waals surface area (Å²) in [4.78, 5) is 49.6. The highest BCUT2D eigenvalue weighted by molar-refractivity contribution is 6.30. The monoisotopic (exact) mass is 616 g/mol. The molecule has 13 nitrogen and oxygen atoms in total. The van der Waals surface area contributed by atoms with Crippen molar-refractivity contribution in [3.8, 4) is 5.69 Å². The fourth-order valence-electron chi connectivity index (χ4n) is 4.01. The van der Waals surface area contributed by atoms with Gasteiger partial charge in [-0.3, -0.25) is 14.4 Å². The van der Waals surface area contributed by atoms with Gasteiger partial charge in [-0.25, -0.2) is 4.79 Å². The number of hydrogen-bond donors (Lipinski definition) is 4. The van der Waals surface area contributed by atoms with Gasteiger partial charge in [-0.2, -0.15) is 4.68 Å². The van der Waals surface area contributed by atoms with Crippen LogP contribution in [0.15, 0.2) is 85.2 Å². The molecular formula is C30H29ClN8O5. The molecule has 0 bridgehead atoms. The lowest BCUT2D eigenvalue weighted by atomic mass is 10.0. The Balaban J connectivity index is 1.41. The number of urea groups is 1. The summed E-state index contributed by atoms with van der Waals surface area (Å²) in [6.45, 7) is 0.121. The molecule has 0 saturated heterocycles. The maximum atomic E-state index is 13.3. The highest BCUT2D eigenvalue weighted by atomic mass is 35.5. The van der Waals surface area contributed by atoms with Crippen molar-refractivity contribution in [2.45, 2.75) is 18.9 Å². The predicted octanol–water partition coefficient (Wildman–Crippen LogP) is 3.38. The number of methoxy groups -OCH3 is 1. The second kappa shape index (κ2) is 15.6. The van der Waals surface area contributed by atoms with Crippen LogP contribution in [0.1, 0.15) is 17.5 Å². The molecule has 14 heteroatoms. The number of amides is 4. The molecule has 0 aliphatic rings. The zero-order valence-electron chi connectivity index (χ0n) is 23.6. The lowest BCUT2D eigenvalue weighted by Gasteiger charge is -2.18. The molecule has 0 spiro atoms. The Morgan fingerprint density at radius 1 is 0.977 bits per heavy atom. The average Bonchev–Trinajstić information content (AvgIpc) is 3.56. The molecule has 1 atom stereocenters. The molecule has 0 fully saturated rings. The number of anilines is 2. The summed E-state index contributed by atoms with van der Waals surface area (Å²) in [6.07, 6.45) is 4.58. The van der Waals surface area contributed by atoms with Crippen LogP contribution in [0.4, 0.5) is 16.2 Å². The number of halogens is 1. The number of nitrogens with zero attached hydrogens (tertiary/aromatic N) is 4. The van der Waals surface area contributed by atoms with E-state index in [1.54, 1.807) is 48.5 Å². The van der Waals surface area contributed by atoms with E-state index in [4.69, 9.17) is 11.6 Å². The SMILES string of the molecule is COC(=O)CCNC(=O)Nc1ccc(NC(=O)C(Cc2ccccc2)NC(=O)C=Cc2cc(Cl)ccc2-n2cnnn2)cc1. The number of carbonyl (C=O) groups excluding carboxylic acids is 4. The highest BCUT2D eigenvalue weighted by Gasteiger charge is 2.21. The van der Waals surface area contributed by atoms with Crippen LogP contribution in [0.3, 0.4) is 0 Å². The summed E-state index contributed by atoms with van der Waals surface area (Å²) in [7, 11) is 1.27. The lowest BCUT2D eigenvalue weighted by molar-refractivity contribution is -0.140. The van der Waals surface area contributed by atoms with Gasteiger partial charge >= 0.3 is 12.0 Å². The van der Waals surface area contributed by atoms with Crippen molar-refractivity contribution >= 4 is 52.9 Å². The average molecular weight is 617 g/mol. The summed E-state index contributed by atoms with van der Waals surface area (Å²) in [5.74, 6) is -1.37. The summed E-state index contributed by atoms with van der Waals surface area (Å²) >= 11 is 6.17. The number of nitrogens with one attached hydrogen (secondary N) is 4. The molecule has 4 aromatic rings. The van der Waals surface area contributed by atoms with Crippen molar-refractivity contribution in [1.82, 2.24) is 30.8 Å². The van der Waals surface area contributed by atoms with Crippen LogP contribution in [0.2, 0.25) is 5.02 Å². The Morgan fingerprint density at radius 3 is 2.39 bits per heavy atom. The van der Waals surface area contributed by atoms with Crippen molar-refractivity contribution < 1.29 is 23.9 Å². The largest absolute Gasteiger partial charge is 0.469 e. The normalized spacial score (nSPS) is 11.4. The molecule has 3 aromatic carbocycles. The Morgan fingerprint density at radius 2 is 1.70 bits per heavy atom. The number of ether oxygens (including phenoxy) is 1. The van der Waals surface area contributed by atoms with E-state index in [9.17, 15) is 19.2 Å². The molecule has 0 aliphatic carbocycles. The Hall–Kier alpha value is -5.56. The van der Waals surface area contributed by atoms with E-state index >= 15 is 0 Å². The molecule has 4 N–H and O–H groups in total. The number of rotatable bonds is 12. The van der Waals surface area contributed by atoms with Gasteiger partial charge in [0.05, 0.1) is 19.2 Å². The fourth-order valence-corrected chi connectivity index (χ4v) is 4.19. The van der Waals surface area contributed by atoms with Crippen molar-refractivity contribution in [2.75, 3.05) is 24.3 Å². The zero-order chi connectivity index (χ0) is 31.3. The Bertz CT molecular complexity index is 1610. The van der Waals surface area contributed by atoms with Gasteiger partial charge in [0.25, 0.3) is 0 Å². The maximum Gasteiger partial charge on any atom is 0.319 e. The molecule has 0 aliphatic heterocycles. The highest BCUT2D eigenvalue weighted by Crippen LogP contribution is 2.20. The van der Waals surface area contributed by atoms with Crippen LogP contribution in [0.25, 0.3) is 11.8 Å². The molecule has 1 aromatic heterocycles. The minimum absolute atomic E-state index is 0.0493. The summed E-state index contributed by atoms with van der Waals surface area (Å²) in [6, 6.07) is 19.4. The lowest BCUT2D eigenvalue weighted by Crippen LogP contribution is -2.44. The van der Waals surface area contributed by atoms with Gasteiger partial charge in [0.1, 0.15) is 12.4 Å². The van der Waals surface area contributed by atoms with Gasteiger partial charge in [0.2, 0.25) is 11.8 Å². The van der Waals surface area contributed by atoms with E-state index in [1.165, 1.54) is 24.2 Å². The van der Waals surface area contributed by atoms with E-state index in [-0.39, 0.29) is 19.4 Å². The van der Waals surface area contributed by atoms with Gasteiger partial charge < -0.3 is 26.0 Å². The van der Waals surface area contributed by atoms with E-state index in [1.807, 2.05) is 30.3 Å². The van der Waals surface area contributed by atoms with Gasteiger partial charge in [-0.1, -0.05) is 41.9 Å². The Kier molecular flexibility index (Phi) is 11.1. The third-order valence-corrected chi connectivity index (χ3v) is 6.40. The first-order valence-electron chi connectivity index (χ1n) is 13.4. The number of hydrogen-bond acceptors (Lipinski definition) is 8. The molecule has 226 valence electrons. The molecule has 0 saturated carbocycles. The van der Waals surface area contributed by atoms with E-state index < -0.39 is 29.9 Å². The number of benzene rings is 3. The van der Waals surface area contributed by atoms with Crippen molar-refractivity contribution in [1.29, 1.82) is 0 Å². The van der Waals surface area contributed by atoms with Crippen LogP contribution < -0.4 is 21.3 Å². The van der Waals surface area contributed by atoms with Crippen LogP contribution in [-0.4, -0.2) is 63.7 Å². The quantitative estimate of drug-likeness (QED) is 0.139. The first kappa shape index (κ1) is 31.4. The van der Waals surface area contributed by atoms with Crippen LogP contribution >= 0.6 is 11.6 Å². The third-order valence-electron chi connectivity index (χ3n) is 6.17. The smallest absolute Gasteiger partial charge is 0.319 e. The second-order valence-corrected chi connectivity index (χ2v) is 9.75. The van der Waals surface area contributed by atoms with Crippen molar-refractivity contribution in [3.63, 3.8) is 0 Å². The molecule has 1 unspecified atom stereocenters. The minimum Gasteiger partial charge on any atom is -0.469 e. The molecule has 0 radical (unpaired) electrons. The van der Waals surface area contributed by atoms with Gasteiger partial charge in [0, 0.05) is 41.0 Å². The Labute approximate surface area is 257 Å². The standard InChI is InChI=1S/C30H29ClN8O5/c1-44-28(41)15-16-32-30(43)35-24-11-9-23(10-12-24)34-29(42)25(17-20-5-3-2-4-6-20)36-27(40)14-7-21-18-22(31)8-13-26(21)39-19-33-37-38-39/h2-14,18-19,25H,15-17H2,1H3,(H,34,42)(H,36,40)(H2,32,35,43). The summed E-state index contributed by atoms with van der Waals surface area (Å²) in [5, 5.41) is 22.4. The number of carbonyl (C=O) groups is 4. The second-order valence-electron chi connectivity index (χ2n) is 9.32.